The minimum atomic E-state index is 0.895. The smallest absolute Gasteiger partial charge is 0.00363 e. The number of hydrogen-bond acceptors (Lipinski definition) is 1. The molecule has 0 saturated heterocycles. The van der Waals surface area contributed by atoms with Gasteiger partial charge in [-0.1, -0.05) is 25.2 Å². The monoisotopic (exact) mass is 114 g/mol. The van der Waals surface area contributed by atoms with E-state index in [1.807, 2.05) is 6.08 Å². The highest BCUT2D eigenvalue weighted by atomic mass is 32.1. The molecule has 0 nitrogen and oxygen atoms in total. The fraction of sp³-hybridized carbons (Fsp3) is 0.500. The zero-order valence-corrected chi connectivity index (χ0v) is 5.42. The van der Waals surface area contributed by atoms with Crippen LogP contribution in [0.15, 0.2) is 12.7 Å². The van der Waals surface area contributed by atoms with Crippen LogP contribution in [0.2, 0.25) is 0 Å². The van der Waals surface area contributed by atoms with Gasteiger partial charge < -0.3 is 0 Å². The van der Waals surface area contributed by atoms with Gasteiger partial charge in [0, 0.05) is 0 Å². The van der Waals surface area contributed by atoms with Crippen LogP contribution < -0.4 is 0 Å². The molecule has 0 amide bonds. The number of hydrogen-bond donors (Lipinski definition) is 0. The van der Waals surface area contributed by atoms with Crippen LogP contribution in [0.1, 0.15) is 19.8 Å². The highest BCUT2D eigenvalue weighted by Crippen LogP contribution is 1.90. The van der Waals surface area contributed by atoms with Crippen molar-refractivity contribution in [1.29, 1.82) is 0 Å². The Morgan fingerprint density at radius 1 is 1.86 bits per heavy atom. The lowest BCUT2D eigenvalue weighted by molar-refractivity contribution is 1.27. The predicted molar refractivity (Wildman–Crippen MR) is 37.7 cm³/mol. The van der Waals surface area contributed by atoms with Crippen molar-refractivity contribution in [3.63, 3.8) is 0 Å². The molecule has 0 rings (SSSR count). The van der Waals surface area contributed by atoms with Crippen molar-refractivity contribution in [1.82, 2.24) is 0 Å². The van der Waals surface area contributed by atoms with E-state index in [0.29, 0.717) is 0 Å². The molecule has 0 aliphatic heterocycles. The summed E-state index contributed by atoms with van der Waals surface area (Å²) in [4.78, 5) is 1.09. The minimum Gasteiger partial charge on any atom is -0.103 e. The van der Waals surface area contributed by atoms with Crippen LogP contribution in [-0.4, -0.2) is 4.86 Å². The third-order valence-corrected chi connectivity index (χ3v) is 1.22. The molecule has 0 radical (unpaired) electrons. The van der Waals surface area contributed by atoms with E-state index in [1.165, 1.54) is 0 Å². The van der Waals surface area contributed by atoms with Gasteiger partial charge in [-0.25, -0.2) is 0 Å². The van der Waals surface area contributed by atoms with Crippen LogP contribution in [0.4, 0.5) is 0 Å². The molecule has 0 N–H and O–H groups in total. The number of allylic oxidation sites excluding steroid dienone is 1. The second kappa shape index (κ2) is 4.00. The zero-order chi connectivity index (χ0) is 5.70. The average molecular weight is 114 g/mol. The Morgan fingerprint density at radius 2 is 2.43 bits per heavy atom. The van der Waals surface area contributed by atoms with Crippen LogP contribution in [-0.2, 0) is 0 Å². The summed E-state index contributed by atoms with van der Waals surface area (Å²) < 4.78 is 0. The fourth-order valence-electron chi connectivity index (χ4n) is 0.305. The van der Waals surface area contributed by atoms with E-state index in [2.05, 4.69) is 13.5 Å². The molecule has 0 fully saturated rings. The van der Waals surface area contributed by atoms with Crippen molar-refractivity contribution in [2.45, 2.75) is 19.8 Å². The van der Waals surface area contributed by atoms with Gasteiger partial charge in [0.1, 0.15) is 0 Å². The molecule has 0 atom stereocenters. The maximum atomic E-state index is 4.88. The first kappa shape index (κ1) is 6.83. The summed E-state index contributed by atoms with van der Waals surface area (Å²) in [5.74, 6) is 0. The summed E-state index contributed by atoms with van der Waals surface area (Å²) in [7, 11) is 0. The lowest BCUT2D eigenvalue weighted by Gasteiger charge is -1.88. The standard InChI is InChI=1S/C6H10S/c1-3-5-6(7)4-2/h3H,1,4-5H2,2H3. The second-order valence-electron chi connectivity index (χ2n) is 1.39. The maximum Gasteiger partial charge on any atom is -0.00363 e. The maximum absolute atomic E-state index is 4.88. The minimum absolute atomic E-state index is 0.895. The molecule has 0 aromatic carbocycles. The van der Waals surface area contributed by atoms with Crippen LogP contribution >= 0.6 is 12.2 Å². The van der Waals surface area contributed by atoms with Crippen LogP contribution in [0, 0.1) is 0 Å². The zero-order valence-electron chi connectivity index (χ0n) is 4.61. The third kappa shape index (κ3) is 3.67. The molecular formula is C6H10S. The van der Waals surface area contributed by atoms with Gasteiger partial charge in [-0.3, -0.25) is 0 Å². The van der Waals surface area contributed by atoms with E-state index in [9.17, 15) is 0 Å². The Balaban J connectivity index is 3.17. The van der Waals surface area contributed by atoms with Crippen molar-refractivity contribution >= 4 is 17.1 Å². The summed E-state index contributed by atoms with van der Waals surface area (Å²) in [6.45, 7) is 5.62. The van der Waals surface area contributed by atoms with Crippen molar-refractivity contribution < 1.29 is 0 Å². The summed E-state index contributed by atoms with van der Waals surface area (Å²) >= 11 is 4.88. The largest absolute Gasteiger partial charge is 0.103 e. The van der Waals surface area contributed by atoms with Crippen molar-refractivity contribution in [2.75, 3.05) is 0 Å². The van der Waals surface area contributed by atoms with Gasteiger partial charge in [-0.2, -0.15) is 0 Å². The van der Waals surface area contributed by atoms with E-state index < -0.39 is 0 Å². The van der Waals surface area contributed by atoms with Gasteiger partial charge in [-0.05, 0) is 17.7 Å². The average Bonchev–Trinajstić information content (AvgIpc) is 1.68. The Kier molecular flexibility index (Phi) is 3.90. The van der Waals surface area contributed by atoms with Crippen LogP contribution in [0.3, 0.4) is 0 Å². The molecular weight excluding hydrogens is 104 g/mol. The van der Waals surface area contributed by atoms with Crippen molar-refractivity contribution in [3.05, 3.63) is 12.7 Å². The molecule has 0 unspecified atom stereocenters. The molecule has 7 heavy (non-hydrogen) atoms. The summed E-state index contributed by atoms with van der Waals surface area (Å²) in [5, 5.41) is 0. The highest BCUT2D eigenvalue weighted by molar-refractivity contribution is 7.80. The number of rotatable bonds is 3. The first-order chi connectivity index (χ1) is 3.31. The molecule has 1 heteroatoms. The number of thiocarbonyl (C=S) groups is 1. The van der Waals surface area contributed by atoms with Crippen LogP contribution in [0.25, 0.3) is 0 Å². The molecule has 0 heterocycles. The molecule has 0 aliphatic rings. The first-order valence-corrected chi connectivity index (χ1v) is 2.84. The van der Waals surface area contributed by atoms with E-state index in [-0.39, 0.29) is 0 Å². The van der Waals surface area contributed by atoms with Crippen molar-refractivity contribution in [3.8, 4) is 0 Å². The van der Waals surface area contributed by atoms with Gasteiger partial charge in [-0.15, -0.1) is 6.58 Å². The molecule has 0 spiro atoms. The molecule has 0 bridgehead atoms. The molecule has 0 aliphatic carbocycles. The Labute approximate surface area is 50.2 Å². The quantitative estimate of drug-likeness (QED) is 0.401. The van der Waals surface area contributed by atoms with Crippen LogP contribution in [0.5, 0.6) is 0 Å². The summed E-state index contributed by atoms with van der Waals surface area (Å²) in [5.41, 5.74) is 0. The molecule has 0 aromatic rings. The van der Waals surface area contributed by atoms with Crippen molar-refractivity contribution in [2.24, 2.45) is 0 Å². The first-order valence-electron chi connectivity index (χ1n) is 2.43. The molecule has 0 aromatic heterocycles. The predicted octanol–water partition coefficient (Wildman–Crippen LogP) is 2.34. The Hall–Kier alpha value is -0.170. The molecule has 40 valence electrons. The Bertz CT molecular complexity index is 74.2. The summed E-state index contributed by atoms with van der Waals surface area (Å²) in [6, 6.07) is 0. The SMILES string of the molecule is C=CCC(=S)CC. The van der Waals surface area contributed by atoms with E-state index >= 15 is 0 Å². The lowest BCUT2D eigenvalue weighted by Crippen LogP contribution is -1.85. The fourth-order valence-corrected chi connectivity index (χ4v) is 0.423. The van der Waals surface area contributed by atoms with Gasteiger partial charge in [0.25, 0.3) is 0 Å². The van der Waals surface area contributed by atoms with Gasteiger partial charge in [0.2, 0.25) is 0 Å². The van der Waals surface area contributed by atoms with Gasteiger partial charge in [0.15, 0.2) is 0 Å². The Morgan fingerprint density at radius 3 is 2.57 bits per heavy atom. The second-order valence-corrected chi connectivity index (χ2v) is 1.96. The molecule has 0 saturated carbocycles. The van der Waals surface area contributed by atoms with Gasteiger partial charge >= 0.3 is 0 Å². The summed E-state index contributed by atoms with van der Waals surface area (Å²) in [6.07, 6.45) is 3.74. The topological polar surface area (TPSA) is 0 Å². The lowest BCUT2D eigenvalue weighted by atomic mass is 10.2. The van der Waals surface area contributed by atoms with E-state index in [4.69, 9.17) is 12.2 Å². The normalized spacial score (nSPS) is 8.14. The van der Waals surface area contributed by atoms with E-state index in [0.717, 1.165) is 17.7 Å². The van der Waals surface area contributed by atoms with Gasteiger partial charge in [0.05, 0.1) is 0 Å². The third-order valence-electron chi connectivity index (χ3n) is 0.766. The highest BCUT2D eigenvalue weighted by Gasteiger charge is 1.83. The van der Waals surface area contributed by atoms with E-state index in [1.54, 1.807) is 0 Å².